The highest BCUT2D eigenvalue weighted by atomic mass is 35.5. The van der Waals surface area contributed by atoms with Crippen molar-refractivity contribution in [2.24, 2.45) is 5.92 Å². The second kappa shape index (κ2) is 12.3. The molecule has 1 aromatic rings. The second-order valence-electron chi connectivity index (χ2n) is 7.08. The van der Waals surface area contributed by atoms with Crippen molar-refractivity contribution in [3.8, 4) is 6.07 Å². The van der Waals surface area contributed by atoms with Crippen LogP contribution in [0.2, 0.25) is 5.02 Å². The average Bonchev–Trinajstić information content (AvgIpc) is 3.15. The Hall–Kier alpha value is -1.33. The van der Waals surface area contributed by atoms with Crippen LogP contribution in [0.4, 0.5) is 5.95 Å². The summed E-state index contributed by atoms with van der Waals surface area (Å²) in [6, 6.07) is 2.37. The van der Waals surface area contributed by atoms with Crippen molar-refractivity contribution < 1.29 is 4.79 Å². The summed E-state index contributed by atoms with van der Waals surface area (Å²) in [4.78, 5) is 22.3. The fraction of sp³-hybridized carbons (Fsp3) is 0.667. The van der Waals surface area contributed by atoms with Crippen molar-refractivity contribution >= 4 is 48.3 Å². The van der Waals surface area contributed by atoms with Crippen LogP contribution in [-0.4, -0.2) is 52.5 Å². The van der Waals surface area contributed by atoms with Crippen LogP contribution in [0.15, 0.2) is 12.4 Å². The topological polar surface area (TPSA) is 93.9 Å². The Balaban J connectivity index is 0.00000196. The Bertz CT molecular complexity index is 646. The highest BCUT2D eigenvalue weighted by Crippen LogP contribution is 2.24. The maximum Gasteiger partial charge on any atom is 0.237 e. The largest absolute Gasteiger partial charge is 0.354 e. The fourth-order valence-corrected chi connectivity index (χ4v) is 3.84. The van der Waals surface area contributed by atoms with Crippen LogP contribution in [0.3, 0.4) is 0 Å². The number of likely N-dealkylation sites (tertiary alicyclic amines) is 1. The van der Waals surface area contributed by atoms with Gasteiger partial charge in [-0.25, -0.2) is 9.97 Å². The normalized spacial score (nSPS) is 23.9. The molecular weight excluding hydrogens is 423 g/mol. The van der Waals surface area contributed by atoms with Crippen LogP contribution < -0.4 is 10.6 Å². The van der Waals surface area contributed by atoms with Gasteiger partial charge in [0.25, 0.3) is 0 Å². The Morgan fingerprint density at radius 1 is 1.21 bits per heavy atom. The molecule has 1 aliphatic heterocycles. The zero-order valence-electron chi connectivity index (χ0n) is 15.6. The molecule has 156 valence electrons. The zero-order chi connectivity index (χ0) is 18.4. The van der Waals surface area contributed by atoms with Crippen molar-refractivity contribution in [1.82, 2.24) is 20.2 Å². The van der Waals surface area contributed by atoms with Crippen molar-refractivity contribution in [3.05, 3.63) is 17.4 Å². The molecule has 0 aromatic carbocycles. The first-order valence-electron chi connectivity index (χ1n) is 9.29. The lowest BCUT2D eigenvalue weighted by atomic mass is 9.86. The molecule has 2 heterocycles. The summed E-state index contributed by atoms with van der Waals surface area (Å²) in [5, 5.41) is 16.3. The first-order chi connectivity index (χ1) is 12.7. The summed E-state index contributed by atoms with van der Waals surface area (Å²) >= 11 is 5.78. The summed E-state index contributed by atoms with van der Waals surface area (Å²) < 4.78 is 0. The van der Waals surface area contributed by atoms with E-state index in [-0.39, 0.29) is 36.8 Å². The van der Waals surface area contributed by atoms with Gasteiger partial charge in [-0.3, -0.25) is 4.79 Å². The molecule has 1 saturated heterocycles. The summed E-state index contributed by atoms with van der Waals surface area (Å²) in [7, 11) is 0. The summed E-state index contributed by atoms with van der Waals surface area (Å²) in [6.07, 6.45) is 9.24. The predicted octanol–water partition coefficient (Wildman–Crippen LogP) is 3.05. The van der Waals surface area contributed by atoms with E-state index in [1.807, 2.05) is 0 Å². The van der Waals surface area contributed by atoms with Gasteiger partial charge in [-0.05, 0) is 44.4 Å². The number of halogens is 3. The lowest BCUT2D eigenvalue weighted by molar-refractivity contribution is -0.130. The maximum atomic E-state index is 12.3. The zero-order valence-corrected chi connectivity index (χ0v) is 18.0. The molecule has 2 fully saturated rings. The van der Waals surface area contributed by atoms with Crippen LogP contribution in [0.25, 0.3) is 0 Å². The molecule has 0 bridgehead atoms. The monoisotopic (exact) mass is 448 g/mol. The second-order valence-corrected chi connectivity index (χ2v) is 7.52. The van der Waals surface area contributed by atoms with E-state index in [2.05, 4.69) is 26.7 Å². The molecule has 2 aliphatic rings. The van der Waals surface area contributed by atoms with Gasteiger partial charge in [0.2, 0.25) is 11.9 Å². The minimum absolute atomic E-state index is 0. The lowest BCUT2D eigenvalue weighted by Gasteiger charge is -2.30. The van der Waals surface area contributed by atoms with E-state index in [9.17, 15) is 4.79 Å². The maximum absolute atomic E-state index is 12.3. The quantitative estimate of drug-likeness (QED) is 0.693. The van der Waals surface area contributed by atoms with Gasteiger partial charge in [-0.15, -0.1) is 24.8 Å². The molecule has 0 unspecified atom stereocenters. The first kappa shape index (κ1) is 24.7. The Morgan fingerprint density at radius 2 is 1.89 bits per heavy atom. The predicted molar refractivity (Wildman–Crippen MR) is 114 cm³/mol. The highest BCUT2D eigenvalue weighted by molar-refractivity contribution is 6.30. The van der Waals surface area contributed by atoms with Gasteiger partial charge in [0.1, 0.15) is 6.04 Å². The summed E-state index contributed by atoms with van der Waals surface area (Å²) in [6.45, 7) is 1.90. The number of rotatable bonds is 6. The summed E-state index contributed by atoms with van der Waals surface area (Å²) in [5.74, 6) is 1.25. The smallest absolute Gasteiger partial charge is 0.237 e. The molecule has 1 saturated carbocycles. The van der Waals surface area contributed by atoms with Gasteiger partial charge in [-0.1, -0.05) is 11.6 Å². The molecule has 1 aliphatic carbocycles. The molecule has 1 aromatic heterocycles. The molecule has 0 spiro atoms. The molecule has 2 N–H and O–H groups in total. The Labute approximate surface area is 183 Å². The number of carbonyl (C=O) groups is 1. The third-order valence-electron chi connectivity index (χ3n) is 5.28. The van der Waals surface area contributed by atoms with Crippen LogP contribution >= 0.6 is 36.4 Å². The number of anilines is 1. The van der Waals surface area contributed by atoms with Gasteiger partial charge in [0, 0.05) is 19.1 Å². The van der Waals surface area contributed by atoms with Gasteiger partial charge < -0.3 is 15.5 Å². The third kappa shape index (κ3) is 6.93. The van der Waals surface area contributed by atoms with Crippen LogP contribution in [-0.2, 0) is 4.79 Å². The number of hydrogen-bond donors (Lipinski definition) is 2. The minimum Gasteiger partial charge on any atom is -0.354 e. The lowest BCUT2D eigenvalue weighted by Crippen LogP contribution is -2.44. The van der Waals surface area contributed by atoms with Crippen molar-refractivity contribution in [3.63, 3.8) is 0 Å². The van der Waals surface area contributed by atoms with Gasteiger partial charge >= 0.3 is 0 Å². The number of amides is 1. The Morgan fingerprint density at radius 3 is 2.54 bits per heavy atom. The number of aromatic nitrogens is 2. The molecule has 1 atom stereocenters. The molecule has 28 heavy (non-hydrogen) atoms. The first-order valence-corrected chi connectivity index (χ1v) is 9.67. The van der Waals surface area contributed by atoms with Gasteiger partial charge in [0.05, 0.1) is 30.0 Å². The van der Waals surface area contributed by atoms with Crippen molar-refractivity contribution in [1.29, 1.82) is 5.26 Å². The number of nitrogens with one attached hydrogen (secondary N) is 2. The van der Waals surface area contributed by atoms with Gasteiger partial charge in [-0.2, -0.15) is 5.26 Å². The minimum atomic E-state index is -0.235. The van der Waals surface area contributed by atoms with E-state index in [1.165, 1.54) is 0 Å². The molecule has 3 rings (SSSR count). The van der Waals surface area contributed by atoms with Crippen LogP contribution in [0, 0.1) is 17.2 Å². The number of nitriles is 1. The van der Waals surface area contributed by atoms with Gasteiger partial charge in [0.15, 0.2) is 0 Å². The number of carbonyl (C=O) groups excluding carboxylic acids is 1. The highest BCUT2D eigenvalue weighted by Gasteiger charge is 2.29. The van der Waals surface area contributed by atoms with Crippen molar-refractivity contribution in [2.45, 2.75) is 50.6 Å². The third-order valence-corrected chi connectivity index (χ3v) is 5.48. The van der Waals surface area contributed by atoms with E-state index < -0.39 is 0 Å². The van der Waals surface area contributed by atoms with E-state index >= 15 is 0 Å². The number of hydrogen-bond acceptors (Lipinski definition) is 6. The standard InChI is InChI=1S/C18H25ClN6O.2ClH/c19-14-10-23-18(24-11-14)22-9-13-3-5-15(6-4-13)21-12-17(26)25-7-1-2-16(25)8-20;;/h10-11,13,15-16,21H,1-7,9,12H2,(H,22,23,24);2*1H/t13?,15?,16-;;/m0../s1. The molecule has 0 radical (unpaired) electrons. The molecular formula is C18H27Cl3N6O. The van der Waals surface area contributed by atoms with E-state index in [0.29, 0.717) is 36.0 Å². The SMILES string of the molecule is Cl.Cl.N#C[C@@H]1CCCN1C(=O)CNC1CCC(CNc2ncc(Cl)cn2)CC1. The van der Waals surface area contributed by atoms with E-state index in [0.717, 1.165) is 45.1 Å². The Kier molecular flexibility index (Phi) is 10.8. The van der Waals surface area contributed by atoms with Crippen LogP contribution in [0.1, 0.15) is 38.5 Å². The fourth-order valence-electron chi connectivity index (χ4n) is 3.74. The van der Waals surface area contributed by atoms with Crippen LogP contribution in [0.5, 0.6) is 0 Å². The van der Waals surface area contributed by atoms with Crippen molar-refractivity contribution in [2.75, 3.05) is 25.0 Å². The molecule has 1 amide bonds. The van der Waals surface area contributed by atoms with E-state index in [4.69, 9.17) is 16.9 Å². The summed E-state index contributed by atoms with van der Waals surface area (Å²) in [5.41, 5.74) is 0. The van der Waals surface area contributed by atoms with E-state index in [1.54, 1.807) is 17.3 Å². The number of nitrogens with zero attached hydrogens (tertiary/aromatic N) is 4. The molecule has 7 nitrogen and oxygen atoms in total. The average molecular weight is 450 g/mol. The molecule has 10 heteroatoms.